The molecule has 0 atom stereocenters. The molecule has 5 nitrogen and oxygen atoms in total. The number of fused-ring (bicyclic) bond motifs is 1. The van der Waals surface area contributed by atoms with Gasteiger partial charge in [0.05, 0.1) is 7.11 Å². The molecule has 26 heavy (non-hydrogen) atoms. The molecule has 1 heterocycles. The van der Waals surface area contributed by atoms with Gasteiger partial charge in [-0.1, -0.05) is 19.1 Å². The summed E-state index contributed by atoms with van der Waals surface area (Å²) in [7, 11) is 3.65. The minimum absolute atomic E-state index is 0.159. The fourth-order valence-corrected chi connectivity index (χ4v) is 3.11. The summed E-state index contributed by atoms with van der Waals surface area (Å²) in [5, 5.41) is 10.9. The summed E-state index contributed by atoms with van der Waals surface area (Å²) in [6, 6.07) is 12.9. The van der Waals surface area contributed by atoms with Crippen LogP contribution in [0, 0.1) is 0 Å². The number of benzene rings is 2. The van der Waals surface area contributed by atoms with Gasteiger partial charge in [-0.25, -0.2) is 4.79 Å². The molecule has 0 saturated carbocycles. The average Bonchev–Trinajstić information content (AvgIpc) is 2.61. The zero-order valence-corrected chi connectivity index (χ0v) is 15.3. The molecule has 136 valence electrons. The summed E-state index contributed by atoms with van der Waals surface area (Å²) < 4.78 is 10.4. The van der Waals surface area contributed by atoms with Gasteiger partial charge in [-0.3, -0.25) is 4.90 Å². The van der Waals surface area contributed by atoms with Crippen molar-refractivity contribution in [3.63, 3.8) is 0 Å². The molecule has 0 radical (unpaired) electrons. The lowest BCUT2D eigenvalue weighted by Gasteiger charge is -2.18. The lowest BCUT2D eigenvalue weighted by atomic mass is 10.0. The van der Waals surface area contributed by atoms with Gasteiger partial charge in [0, 0.05) is 30.6 Å². The SMILES string of the molecule is CCc1cc2c(CN(C)Cc3ccc(OC)cc3)cc(=O)oc2cc1O. The number of ether oxygens (including phenoxy) is 1. The molecule has 0 spiro atoms. The third-order valence-electron chi connectivity index (χ3n) is 4.46. The summed E-state index contributed by atoms with van der Waals surface area (Å²) in [6.45, 7) is 3.32. The van der Waals surface area contributed by atoms with Crippen LogP contribution in [-0.2, 0) is 19.5 Å². The number of hydrogen-bond acceptors (Lipinski definition) is 5. The number of aryl methyl sites for hydroxylation is 1. The van der Waals surface area contributed by atoms with Crippen molar-refractivity contribution in [3.05, 3.63) is 69.6 Å². The van der Waals surface area contributed by atoms with Gasteiger partial charge in [-0.15, -0.1) is 0 Å². The predicted octanol–water partition coefficient (Wildman–Crippen LogP) is 3.70. The Morgan fingerprint density at radius 1 is 1.08 bits per heavy atom. The summed E-state index contributed by atoms with van der Waals surface area (Å²) in [5.74, 6) is 0.988. The third-order valence-corrected chi connectivity index (χ3v) is 4.46. The van der Waals surface area contributed by atoms with Crippen molar-refractivity contribution in [1.82, 2.24) is 4.90 Å². The quantitative estimate of drug-likeness (QED) is 0.685. The van der Waals surface area contributed by atoms with Crippen LogP contribution < -0.4 is 10.4 Å². The van der Waals surface area contributed by atoms with E-state index >= 15 is 0 Å². The molecule has 0 saturated heterocycles. The van der Waals surface area contributed by atoms with E-state index in [9.17, 15) is 9.90 Å². The molecule has 0 aliphatic heterocycles. The first-order chi connectivity index (χ1) is 12.5. The van der Waals surface area contributed by atoms with Crippen molar-refractivity contribution < 1.29 is 14.3 Å². The zero-order valence-electron chi connectivity index (χ0n) is 15.3. The van der Waals surface area contributed by atoms with Crippen LogP contribution in [-0.4, -0.2) is 24.2 Å². The monoisotopic (exact) mass is 353 g/mol. The Morgan fingerprint density at radius 3 is 2.46 bits per heavy atom. The van der Waals surface area contributed by atoms with Gasteiger partial charge in [-0.05, 0) is 48.4 Å². The van der Waals surface area contributed by atoms with Crippen LogP contribution in [0.5, 0.6) is 11.5 Å². The molecule has 0 aliphatic rings. The topological polar surface area (TPSA) is 62.9 Å². The highest BCUT2D eigenvalue weighted by Crippen LogP contribution is 2.27. The smallest absolute Gasteiger partial charge is 0.336 e. The van der Waals surface area contributed by atoms with Crippen LogP contribution in [0.2, 0.25) is 0 Å². The van der Waals surface area contributed by atoms with E-state index in [0.29, 0.717) is 18.5 Å². The minimum Gasteiger partial charge on any atom is -0.508 e. The van der Waals surface area contributed by atoms with Crippen molar-refractivity contribution >= 4 is 11.0 Å². The van der Waals surface area contributed by atoms with Crippen LogP contribution in [0.3, 0.4) is 0 Å². The molecule has 2 aromatic carbocycles. The van der Waals surface area contributed by atoms with Crippen molar-refractivity contribution in [1.29, 1.82) is 0 Å². The highest BCUT2D eigenvalue weighted by atomic mass is 16.5. The normalized spacial score (nSPS) is 11.2. The molecule has 0 fully saturated rings. The summed E-state index contributed by atoms with van der Waals surface area (Å²) in [6.07, 6.45) is 0.710. The maximum absolute atomic E-state index is 11.9. The first-order valence-electron chi connectivity index (χ1n) is 8.60. The molecule has 1 aromatic heterocycles. The number of phenolic OH excluding ortho intramolecular Hbond substituents is 1. The molecule has 1 N–H and O–H groups in total. The van der Waals surface area contributed by atoms with Crippen molar-refractivity contribution in [2.24, 2.45) is 0 Å². The lowest BCUT2D eigenvalue weighted by Crippen LogP contribution is -2.18. The number of hydrogen-bond donors (Lipinski definition) is 1. The molecule has 3 aromatic rings. The van der Waals surface area contributed by atoms with Crippen molar-refractivity contribution in [2.75, 3.05) is 14.2 Å². The fraction of sp³-hybridized carbons (Fsp3) is 0.286. The third kappa shape index (κ3) is 3.89. The Kier molecular flexibility index (Phi) is 5.28. The molecule has 0 amide bonds. The van der Waals surface area contributed by atoms with Gasteiger partial charge in [0.25, 0.3) is 0 Å². The van der Waals surface area contributed by atoms with Crippen LogP contribution >= 0.6 is 0 Å². The van der Waals surface area contributed by atoms with Gasteiger partial charge in [0.2, 0.25) is 0 Å². The van der Waals surface area contributed by atoms with E-state index in [-0.39, 0.29) is 5.75 Å². The molecule has 0 aliphatic carbocycles. The second kappa shape index (κ2) is 7.62. The Bertz CT molecular complexity index is 960. The average molecular weight is 353 g/mol. The first kappa shape index (κ1) is 18.0. The highest BCUT2D eigenvalue weighted by molar-refractivity contribution is 5.82. The second-order valence-electron chi connectivity index (χ2n) is 6.44. The molecule has 5 heteroatoms. The number of aromatic hydroxyl groups is 1. The maximum Gasteiger partial charge on any atom is 0.336 e. The largest absolute Gasteiger partial charge is 0.508 e. The van der Waals surface area contributed by atoms with Gasteiger partial charge < -0.3 is 14.3 Å². The van der Waals surface area contributed by atoms with E-state index in [2.05, 4.69) is 4.90 Å². The summed E-state index contributed by atoms with van der Waals surface area (Å²) in [5.41, 5.74) is 2.90. The first-order valence-corrected chi connectivity index (χ1v) is 8.60. The maximum atomic E-state index is 11.9. The van der Waals surface area contributed by atoms with E-state index in [1.165, 1.54) is 12.1 Å². The van der Waals surface area contributed by atoms with E-state index in [1.54, 1.807) is 7.11 Å². The van der Waals surface area contributed by atoms with Gasteiger partial charge in [-0.2, -0.15) is 0 Å². The molecule has 0 unspecified atom stereocenters. The summed E-state index contributed by atoms with van der Waals surface area (Å²) >= 11 is 0. The van der Waals surface area contributed by atoms with Crippen LogP contribution in [0.1, 0.15) is 23.6 Å². The van der Waals surface area contributed by atoms with Gasteiger partial charge in [0.15, 0.2) is 0 Å². The van der Waals surface area contributed by atoms with Crippen molar-refractivity contribution in [3.8, 4) is 11.5 Å². The standard InChI is InChI=1S/C21H23NO4/c1-4-15-9-18-16(10-21(24)26-20(18)11-19(15)23)13-22(2)12-14-5-7-17(25-3)8-6-14/h5-11,23H,4,12-13H2,1-3H3. The van der Waals surface area contributed by atoms with Crippen LogP contribution in [0.15, 0.2) is 51.7 Å². The Balaban J connectivity index is 1.87. The minimum atomic E-state index is -0.408. The molecule has 0 bridgehead atoms. The number of phenols is 1. The van der Waals surface area contributed by atoms with Gasteiger partial charge in [0.1, 0.15) is 17.1 Å². The van der Waals surface area contributed by atoms with Crippen LogP contribution in [0.4, 0.5) is 0 Å². The van der Waals surface area contributed by atoms with Crippen molar-refractivity contribution in [2.45, 2.75) is 26.4 Å². The molecular weight excluding hydrogens is 330 g/mol. The summed E-state index contributed by atoms with van der Waals surface area (Å²) in [4.78, 5) is 14.0. The second-order valence-corrected chi connectivity index (χ2v) is 6.44. The Hall–Kier alpha value is -2.79. The molecule has 3 rings (SSSR count). The van der Waals surface area contributed by atoms with Crippen LogP contribution in [0.25, 0.3) is 11.0 Å². The van der Waals surface area contributed by atoms with E-state index < -0.39 is 5.63 Å². The lowest BCUT2D eigenvalue weighted by molar-refractivity contribution is 0.319. The predicted molar refractivity (Wildman–Crippen MR) is 102 cm³/mol. The number of rotatable bonds is 6. The Labute approximate surface area is 152 Å². The van der Waals surface area contributed by atoms with Gasteiger partial charge >= 0.3 is 5.63 Å². The highest BCUT2D eigenvalue weighted by Gasteiger charge is 2.12. The van der Waals surface area contributed by atoms with E-state index in [1.807, 2.05) is 44.3 Å². The Morgan fingerprint density at radius 2 is 1.81 bits per heavy atom. The van der Waals surface area contributed by atoms with E-state index in [0.717, 1.165) is 34.4 Å². The molecular formula is C21H23NO4. The number of nitrogens with zero attached hydrogens (tertiary/aromatic N) is 1. The fourth-order valence-electron chi connectivity index (χ4n) is 3.11. The number of methoxy groups -OCH3 is 1. The zero-order chi connectivity index (χ0) is 18.7. The van der Waals surface area contributed by atoms with E-state index in [4.69, 9.17) is 9.15 Å².